The van der Waals surface area contributed by atoms with E-state index < -0.39 is 0 Å². The highest BCUT2D eigenvalue weighted by Gasteiger charge is 2.17. The van der Waals surface area contributed by atoms with E-state index in [0.717, 1.165) is 44.1 Å². The first-order valence-corrected chi connectivity index (χ1v) is 16.7. The molecule has 228 valence electrons. The largest absolute Gasteiger partial charge is 0.455 e. The van der Waals surface area contributed by atoms with Gasteiger partial charge in [-0.2, -0.15) is 0 Å². The van der Waals surface area contributed by atoms with E-state index >= 15 is 0 Å². The first kappa shape index (κ1) is 27.6. The van der Waals surface area contributed by atoms with Crippen LogP contribution in [0.2, 0.25) is 0 Å². The summed E-state index contributed by atoms with van der Waals surface area (Å²) in [7, 11) is 0. The van der Waals surface area contributed by atoms with Crippen molar-refractivity contribution in [3.8, 4) is 44.6 Å². The molecule has 8 aromatic carbocycles. The highest BCUT2D eigenvalue weighted by Crippen LogP contribution is 2.43. The number of furan rings is 1. The van der Waals surface area contributed by atoms with Crippen LogP contribution in [0.1, 0.15) is 0 Å². The molecule has 0 aliphatic carbocycles. The first-order valence-electron chi connectivity index (χ1n) is 16.7. The van der Waals surface area contributed by atoms with E-state index in [1.54, 1.807) is 0 Å². The predicted octanol–water partition coefficient (Wildman–Crippen LogP) is 13.1. The standard InChI is InChI=1S/C47H29NO/c1-2-11-33(12-3-1)45-37-14-6-8-16-39(37)46(40-17-9-7-15-38(40)45)43-26-23-35(29-48-43)31-20-18-30(19-21-31)34-24-27-44-42(28-34)41-25-22-32-10-4-5-13-36(32)47(41)49-44/h1-29H. The minimum atomic E-state index is 0.910. The number of hydrogen-bond acceptors (Lipinski definition) is 2. The van der Waals surface area contributed by atoms with Crippen molar-refractivity contribution < 1.29 is 4.42 Å². The molecule has 0 fully saturated rings. The fourth-order valence-electron chi connectivity index (χ4n) is 7.57. The number of pyridine rings is 1. The molecule has 0 spiro atoms. The third kappa shape index (κ3) is 4.46. The van der Waals surface area contributed by atoms with E-state index in [-0.39, 0.29) is 0 Å². The van der Waals surface area contributed by atoms with Gasteiger partial charge in [-0.3, -0.25) is 4.98 Å². The summed E-state index contributed by atoms with van der Waals surface area (Å²) in [5, 5.41) is 9.51. The Hall–Kier alpha value is -6.51. The van der Waals surface area contributed by atoms with Gasteiger partial charge in [-0.25, -0.2) is 0 Å². The molecule has 0 saturated carbocycles. The van der Waals surface area contributed by atoms with Crippen LogP contribution in [0.25, 0.3) is 98.9 Å². The fourth-order valence-corrected chi connectivity index (χ4v) is 7.57. The average molecular weight is 624 g/mol. The smallest absolute Gasteiger partial charge is 0.143 e. The lowest BCUT2D eigenvalue weighted by Gasteiger charge is -2.17. The van der Waals surface area contributed by atoms with Gasteiger partial charge in [-0.05, 0) is 79.0 Å². The molecule has 0 N–H and O–H groups in total. The van der Waals surface area contributed by atoms with E-state index in [9.17, 15) is 0 Å². The SMILES string of the molecule is c1ccc(-c2c3ccccc3c(-c3ccc(-c4ccc(-c5ccc6oc7c8ccccc8ccc7c6c5)cc4)cn3)c3ccccc23)cc1. The van der Waals surface area contributed by atoms with Gasteiger partial charge in [0, 0.05) is 33.5 Å². The Bertz CT molecular complexity index is 2790. The van der Waals surface area contributed by atoms with Crippen LogP contribution < -0.4 is 0 Å². The minimum Gasteiger partial charge on any atom is -0.455 e. The van der Waals surface area contributed by atoms with Gasteiger partial charge in [0.05, 0.1) is 5.69 Å². The Kier molecular flexibility index (Phi) is 6.22. The molecule has 0 atom stereocenters. The molecule has 49 heavy (non-hydrogen) atoms. The van der Waals surface area contributed by atoms with Crippen molar-refractivity contribution in [1.82, 2.24) is 4.98 Å². The molecule has 10 aromatic rings. The van der Waals surface area contributed by atoms with Crippen molar-refractivity contribution >= 4 is 54.3 Å². The van der Waals surface area contributed by atoms with Gasteiger partial charge in [0.25, 0.3) is 0 Å². The third-order valence-electron chi connectivity index (χ3n) is 9.93. The van der Waals surface area contributed by atoms with Crippen molar-refractivity contribution in [3.05, 3.63) is 176 Å². The lowest BCUT2D eigenvalue weighted by atomic mass is 9.87. The first-order chi connectivity index (χ1) is 24.3. The molecule has 0 unspecified atom stereocenters. The van der Waals surface area contributed by atoms with Gasteiger partial charge in [-0.15, -0.1) is 0 Å². The van der Waals surface area contributed by atoms with Gasteiger partial charge in [0.15, 0.2) is 0 Å². The zero-order valence-electron chi connectivity index (χ0n) is 26.6. The molecule has 0 bridgehead atoms. The Balaban J connectivity index is 1.02. The topological polar surface area (TPSA) is 26.0 Å². The fraction of sp³-hybridized carbons (Fsp3) is 0. The van der Waals surface area contributed by atoms with E-state index in [1.165, 1.54) is 54.7 Å². The summed E-state index contributed by atoms with van der Waals surface area (Å²) in [4.78, 5) is 5.08. The molecular formula is C47H29NO. The Morgan fingerprint density at radius 2 is 0.918 bits per heavy atom. The van der Waals surface area contributed by atoms with Crippen molar-refractivity contribution in [3.63, 3.8) is 0 Å². The molecule has 2 nitrogen and oxygen atoms in total. The molecule has 10 rings (SSSR count). The summed E-state index contributed by atoms with van der Waals surface area (Å²) in [6.07, 6.45) is 2.01. The maximum atomic E-state index is 6.34. The second kappa shape index (κ2) is 11.0. The monoisotopic (exact) mass is 623 g/mol. The lowest BCUT2D eigenvalue weighted by Crippen LogP contribution is -1.92. The number of nitrogens with zero attached hydrogens (tertiary/aromatic N) is 1. The molecule has 0 aliphatic rings. The van der Waals surface area contributed by atoms with Crippen LogP contribution in [0.3, 0.4) is 0 Å². The van der Waals surface area contributed by atoms with Gasteiger partial charge in [0.2, 0.25) is 0 Å². The van der Waals surface area contributed by atoms with Crippen molar-refractivity contribution in [1.29, 1.82) is 0 Å². The Morgan fingerprint density at radius 1 is 0.347 bits per heavy atom. The molecule has 0 aliphatic heterocycles. The molecule has 0 amide bonds. The van der Waals surface area contributed by atoms with E-state index in [2.05, 4.69) is 170 Å². The average Bonchev–Trinajstić information content (AvgIpc) is 3.56. The van der Waals surface area contributed by atoms with Crippen LogP contribution in [0.15, 0.2) is 180 Å². The summed E-state index contributed by atoms with van der Waals surface area (Å²) in [6.45, 7) is 0. The van der Waals surface area contributed by atoms with Crippen LogP contribution in [0.5, 0.6) is 0 Å². The summed E-state index contributed by atoms with van der Waals surface area (Å²) < 4.78 is 6.34. The van der Waals surface area contributed by atoms with Crippen LogP contribution in [0, 0.1) is 0 Å². The van der Waals surface area contributed by atoms with Crippen LogP contribution in [-0.4, -0.2) is 4.98 Å². The molecule has 0 radical (unpaired) electrons. The van der Waals surface area contributed by atoms with Crippen LogP contribution in [-0.2, 0) is 0 Å². The molecular weight excluding hydrogens is 595 g/mol. The van der Waals surface area contributed by atoms with Crippen LogP contribution >= 0.6 is 0 Å². The number of aromatic nitrogens is 1. The second-order valence-corrected chi connectivity index (χ2v) is 12.7. The molecule has 2 heterocycles. The van der Waals surface area contributed by atoms with E-state index in [4.69, 9.17) is 9.40 Å². The minimum absolute atomic E-state index is 0.910. The zero-order valence-corrected chi connectivity index (χ0v) is 26.6. The van der Waals surface area contributed by atoms with E-state index in [1.807, 2.05) is 6.20 Å². The molecule has 2 heteroatoms. The highest BCUT2D eigenvalue weighted by atomic mass is 16.3. The molecule has 2 aromatic heterocycles. The Morgan fingerprint density at radius 3 is 1.59 bits per heavy atom. The van der Waals surface area contributed by atoms with E-state index in [0.29, 0.717) is 0 Å². The van der Waals surface area contributed by atoms with Crippen molar-refractivity contribution in [2.24, 2.45) is 0 Å². The van der Waals surface area contributed by atoms with Gasteiger partial charge >= 0.3 is 0 Å². The summed E-state index contributed by atoms with van der Waals surface area (Å²) in [6, 6.07) is 60.5. The predicted molar refractivity (Wildman–Crippen MR) is 206 cm³/mol. The number of hydrogen-bond donors (Lipinski definition) is 0. The third-order valence-corrected chi connectivity index (χ3v) is 9.93. The maximum absolute atomic E-state index is 6.34. The zero-order chi connectivity index (χ0) is 32.3. The van der Waals surface area contributed by atoms with Crippen molar-refractivity contribution in [2.45, 2.75) is 0 Å². The second-order valence-electron chi connectivity index (χ2n) is 12.7. The number of fused-ring (bicyclic) bond motifs is 7. The Labute approximate surface area is 283 Å². The quantitative estimate of drug-likeness (QED) is 0.182. The van der Waals surface area contributed by atoms with Crippen molar-refractivity contribution in [2.75, 3.05) is 0 Å². The summed E-state index contributed by atoms with van der Waals surface area (Å²) in [5.41, 5.74) is 11.1. The van der Waals surface area contributed by atoms with Crippen LogP contribution in [0.4, 0.5) is 0 Å². The number of benzene rings is 8. The van der Waals surface area contributed by atoms with Gasteiger partial charge < -0.3 is 4.42 Å². The normalized spacial score (nSPS) is 11.7. The summed E-state index contributed by atoms with van der Waals surface area (Å²) in [5.74, 6) is 0. The molecule has 0 saturated heterocycles. The summed E-state index contributed by atoms with van der Waals surface area (Å²) >= 11 is 0. The number of rotatable bonds is 4. The highest BCUT2D eigenvalue weighted by molar-refractivity contribution is 6.21. The maximum Gasteiger partial charge on any atom is 0.143 e. The lowest BCUT2D eigenvalue weighted by molar-refractivity contribution is 0.672. The van der Waals surface area contributed by atoms with Gasteiger partial charge in [0.1, 0.15) is 11.2 Å². The van der Waals surface area contributed by atoms with Gasteiger partial charge in [-0.1, -0.05) is 146 Å².